The van der Waals surface area contributed by atoms with Crippen molar-refractivity contribution in [3.63, 3.8) is 0 Å². The molecule has 0 radical (unpaired) electrons. The highest BCUT2D eigenvalue weighted by Gasteiger charge is 2.13. The minimum absolute atomic E-state index is 0.0115. The second-order valence-electron chi connectivity index (χ2n) is 5.52. The smallest absolute Gasteiger partial charge is 0.195 e. The van der Waals surface area contributed by atoms with Crippen LogP contribution in [0.4, 0.5) is 4.39 Å². The van der Waals surface area contributed by atoms with E-state index in [1.165, 1.54) is 19.1 Å². The van der Waals surface area contributed by atoms with Crippen LogP contribution in [0.3, 0.4) is 0 Å². The Hall–Kier alpha value is -3.27. The number of Topliss-reactive ketones (excluding diaryl/α,β-unsaturated/α-hetero) is 1. The van der Waals surface area contributed by atoms with E-state index in [9.17, 15) is 14.0 Å². The summed E-state index contributed by atoms with van der Waals surface area (Å²) < 4.78 is 19.4. The molecule has 0 amide bonds. The molecule has 0 aliphatic heterocycles. The molecule has 0 bridgehead atoms. The minimum Gasteiger partial charge on any atom is -0.457 e. The van der Waals surface area contributed by atoms with Gasteiger partial charge in [-0.2, -0.15) is 0 Å². The van der Waals surface area contributed by atoms with E-state index < -0.39 is 5.82 Å². The van der Waals surface area contributed by atoms with E-state index in [1.54, 1.807) is 60.7 Å². The molecule has 0 N–H and O–H groups in total. The summed E-state index contributed by atoms with van der Waals surface area (Å²) >= 11 is 0. The van der Waals surface area contributed by atoms with Crippen molar-refractivity contribution >= 4 is 11.6 Å². The van der Waals surface area contributed by atoms with E-state index >= 15 is 0 Å². The average Bonchev–Trinajstić information content (AvgIpc) is 2.63. The topological polar surface area (TPSA) is 43.4 Å². The fourth-order valence-electron chi connectivity index (χ4n) is 2.37. The Labute approximate surface area is 144 Å². The van der Waals surface area contributed by atoms with E-state index in [0.29, 0.717) is 22.6 Å². The Balaban J connectivity index is 1.75. The van der Waals surface area contributed by atoms with Gasteiger partial charge in [0.2, 0.25) is 0 Å². The van der Waals surface area contributed by atoms with Crippen LogP contribution in [-0.2, 0) is 0 Å². The van der Waals surface area contributed by atoms with E-state index in [-0.39, 0.29) is 17.1 Å². The van der Waals surface area contributed by atoms with E-state index in [1.807, 2.05) is 0 Å². The normalized spacial score (nSPS) is 10.3. The zero-order valence-electron chi connectivity index (χ0n) is 13.5. The van der Waals surface area contributed by atoms with Gasteiger partial charge in [0.25, 0.3) is 0 Å². The van der Waals surface area contributed by atoms with Crippen LogP contribution in [0.25, 0.3) is 0 Å². The number of halogens is 1. The first kappa shape index (κ1) is 16.6. The molecule has 0 aliphatic rings. The summed E-state index contributed by atoms with van der Waals surface area (Å²) in [6, 6.07) is 19.1. The maximum atomic E-state index is 13.7. The maximum Gasteiger partial charge on any atom is 0.195 e. The Bertz CT molecular complexity index is 913. The lowest BCUT2D eigenvalue weighted by atomic mass is 10.0. The highest BCUT2D eigenvalue weighted by molar-refractivity contribution is 6.09. The van der Waals surface area contributed by atoms with Gasteiger partial charge in [-0.15, -0.1) is 0 Å². The fraction of sp³-hybridized carbons (Fsp3) is 0.0476. The standard InChI is InChI=1S/C21H15FO3/c1-14(23)15-6-10-17(11-7-15)25-18-12-8-16(9-13-18)21(24)19-4-2-3-5-20(19)22/h2-13H,1H3. The number of ether oxygens (including phenoxy) is 1. The largest absolute Gasteiger partial charge is 0.457 e. The molecule has 3 aromatic carbocycles. The van der Waals surface area contributed by atoms with Crippen LogP contribution < -0.4 is 4.74 Å². The van der Waals surface area contributed by atoms with E-state index in [4.69, 9.17) is 4.74 Å². The lowest BCUT2D eigenvalue weighted by Crippen LogP contribution is -2.03. The summed E-state index contributed by atoms with van der Waals surface area (Å²) in [4.78, 5) is 23.6. The summed E-state index contributed by atoms with van der Waals surface area (Å²) in [5.74, 6) is 0.190. The van der Waals surface area contributed by atoms with Gasteiger partial charge in [0, 0.05) is 11.1 Å². The molecule has 0 heterocycles. The summed E-state index contributed by atoms with van der Waals surface area (Å²) in [6.45, 7) is 1.50. The number of ketones is 2. The molecular weight excluding hydrogens is 319 g/mol. The minimum atomic E-state index is -0.543. The Morgan fingerprint density at radius 2 is 1.28 bits per heavy atom. The molecule has 3 nitrogen and oxygen atoms in total. The van der Waals surface area contributed by atoms with Gasteiger partial charge in [-0.3, -0.25) is 9.59 Å². The number of hydrogen-bond acceptors (Lipinski definition) is 3. The number of carbonyl (C=O) groups is 2. The monoisotopic (exact) mass is 334 g/mol. The SMILES string of the molecule is CC(=O)c1ccc(Oc2ccc(C(=O)c3ccccc3F)cc2)cc1. The molecule has 0 saturated carbocycles. The van der Waals surface area contributed by atoms with Crippen molar-refractivity contribution in [1.29, 1.82) is 0 Å². The second-order valence-corrected chi connectivity index (χ2v) is 5.52. The van der Waals surface area contributed by atoms with E-state index in [2.05, 4.69) is 0 Å². The third-order valence-electron chi connectivity index (χ3n) is 3.73. The lowest BCUT2D eigenvalue weighted by molar-refractivity contribution is 0.101. The Morgan fingerprint density at radius 3 is 1.80 bits per heavy atom. The Kier molecular flexibility index (Phi) is 4.70. The number of carbonyl (C=O) groups excluding carboxylic acids is 2. The first-order chi connectivity index (χ1) is 12.0. The maximum absolute atomic E-state index is 13.7. The van der Waals surface area contributed by atoms with Gasteiger partial charge in [0.1, 0.15) is 17.3 Å². The van der Waals surface area contributed by atoms with Crippen molar-refractivity contribution in [2.75, 3.05) is 0 Å². The van der Waals surface area contributed by atoms with Crippen molar-refractivity contribution < 1.29 is 18.7 Å². The molecule has 0 saturated heterocycles. The van der Waals surface area contributed by atoms with Crippen LogP contribution in [0.5, 0.6) is 11.5 Å². The van der Waals surface area contributed by atoms with Crippen LogP contribution in [0.15, 0.2) is 72.8 Å². The first-order valence-corrected chi connectivity index (χ1v) is 7.73. The van der Waals surface area contributed by atoms with Gasteiger partial charge in [0.05, 0.1) is 5.56 Å². The van der Waals surface area contributed by atoms with Crippen LogP contribution in [0, 0.1) is 5.82 Å². The molecule has 4 heteroatoms. The predicted octanol–water partition coefficient (Wildman–Crippen LogP) is 5.05. The highest BCUT2D eigenvalue weighted by Crippen LogP contribution is 2.23. The first-order valence-electron chi connectivity index (χ1n) is 7.73. The van der Waals surface area contributed by atoms with Crippen LogP contribution in [-0.4, -0.2) is 11.6 Å². The van der Waals surface area contributed by atoms with Gasteiger partial charge < -0.3 is 4.74 Å². The van der Waals surface area contributed by atoms with Crippen molar-refractivity contribution in [3.8, 4) is 11.5 Å². The summed E-state index contributed by atoms with van der Waals surface area (Å²) in [5.41, 5.74) is 1.03. The van der Waals surface area contributed by atoms with Gasteiger partial charge in [0.15, 0.2) is 11.6 Å². The van der Waals surface area contributed by atoms with Crippen molar-refractivity contribution in [3.05, 3.63) is 95.3 Å². The van der Waals surface area contributed by atoms with Crippen LogP contribution in [0.2, 0.25) is 0 Å². The van der Waals surface area contributed by atoms with Gasteiger partial charge in [-0.1, -0.05) is 12.1 Å². The molecule has 3 aromatic rings. The summed E-state index contributed by atoms with van der Waals surface area (Å²) in [5, 5.41) is 0. The molecule has 25 heavy (non-hydrogen) atoms. The van der Waals surface area contributed by atoms with Crippen molar-refractivity contribution in [1.82, 2.24) is 0 Å². The number of rotatable bonds is 5. The van der Waals surface area contributed by atoms with Gasteiger partial charge in [-0.25, -0.2) is 4.39 Å². The zero-order valence-corrected chi connectivity index (χ0v) is 13.5. The van der Waals surface area contributed by atoms with E-state index in [0.717, 1.165) is 0 Å². The van der Waals surface area contributed by atoms with Gasteiger partial charge >= 0.3 is 0 Å². The van der Waals surface area contributed by atoms with Crippen LogP contribution >= 0.6 is 0 Å². The third-order valence-corrected chi connectivity index (χ3v) is 3.73. The number of benzene rings is 3. The Morgan fingerprint density at radius 1 is 0.760 bits per heavy atom. The number of hydrogen-bond donors (Lipinski definition) is 0. The van der Waals surface area contributed by atoms with Crippen LogP contribution in [0.1, 0.15) is 33.2 Å². The molecule has 3 rings (SSSR count). The van der Waals surface area contributed by atoms with Crippen molar-refractivity contribution in [2.45, 2.75) is 6.92 Å². The van der Waals surface area contributed by atoms with Gasteiger partial charge in [-0.05, 0) is 67.6 Å². The highest BCUT2D eigenvalue weighted by atomic mass is 19.1. The zero-order chi connectivity index (χ0) is 17.8. The fourth-order valence-corrected chi connectivity index (χ4v) is 2.37. The summed E-state index contributed by atoms with van der Waals surface area (Å²) in [6.07, 6.45) is 0. The second kappa shape index (κ2) is 7.09. The quantitative estimate of drug-likeness (QED) is 0.613. The average molecular weight is 334 g/mol. The van der Waals surface area contributed by atoms with Crippen molar-refractivity contribution in [2.24, 2.45) is 0 Å². The molecule has 0 unspecified atom stereocenters. The molecule has 0 aliphatic carbocycles. The predicted molar refractivity (Wildman–Crippen MR) is 92.8 cm³/mol. The summed E-state index contributed by atoms with van der Waals surface area (Å²) in [7, 11) is 0. The molecule has 0 aromatic heterocycles. The third kappa shape index (κ3) is 3.80. The molecular formula is C21H15FO3. The molecule has 0 atom stereocenters. The molecule has 124 valence electrons. The molecule has 0 fully saturated rings. The lowest BCUT2D eigenvalue weighted by Gasteiger charge is -2.07. The molecule has 0 spiro atoms.